The molecule has 0 spiro atoms. The number of carbonyl (C=O) groups is 2. The van der Waals surface area contributed by atoms with Crippen LogP contribution in [0.3, 0.4) is 0 Å². The molecule has 7 heteroatoms. The molecule has 0 radical (unpaired) electrons. The lowest BCUT2D eigenvalue weighted by Gasteiger charge is -2.26. The van der Waals surface area contributed by atoms with Crippen molar-refractivity contribution < 1.29 is 24.2 Å². The molecule has 1 saturated heterocycles. The number of nitrogens with zero attached hydrogens (tertiary/aromatic N) is 1. The summed E-state index contributed by atoms with van der Waals surface area (Å²) < 4.78 is 11.0. The Labute approximate surface area is 209 Å². The van der Waals surface area contributed by atoms with Crippen molar-refractivity contribution >= 4 is 29.1 Å². The fourth-order valence-corrected chi connectivity index (χ4v) is 4.34. The minimum absolute atomic E-state index is 0.00220. The zero-order chi connectivity index (χ0) is 25.1. The van der Waals surface area contributed by atoms with E-state index in [1.807, 2.05) is 38.1 Å². The summed E-state index contributed by atoms with van der Waals surface area (Å²) in [6.45, 7) is 4.02. The van der Waals surface area contributed by atoms with Crippen molar-refractivity contribution in [3.8, 4) is 11.5 Å². The highest BCUT2D eigenvalue weighted by molar-refractivity contribution is 6.46. The molecule has 0 bridgehead atoms. The van der Waals surface area contributed by atoms with E-state index >= 15 is 0 Å². The van der Waals surface area contributed by atoms with Crippen LogP contribution in [0.4, 0.5) is 0 Å². The van der Waals surface area contributed by atoms with E-state index in [0.717, 1.165) is 5.56 Å². The lowest BCUT2D eigenvalue weighted by Crippen LogP contribution is -2.29. The first-order chi connectivity index (χ1) is 16.8. The topological polar surface area (TPSA) is 76.1 Å². The molecule has 3 aromatic carbocycles. The van der Waals surface area contributed by atoms with Gasteiger partial charge in [0.05, 0.1) is 24.8 Å². The van der Waals surface area contributed by atoms with Crippen LogP contribution in [0.5, 0.6) is 11.5 Å². The molecule has 1 fully saturated rings. The Morgan fingerprint density at radius 2 is 1.71 bits per heavy atom. The molecular formula is C28H26ClNO5. The Bertz CT molecular complexity index is 1280. The fourth-order valence-electron chi connectivity index (χ4n) is 4.15. The third kappa shape index (κ3) is 5.17. The molecule has 1 N–H and O–H groups in total. The van der Waals surface area contributed by atoms with Crippen LogP contribution >= 0.6 is 11.6 Å². The monoisotopic (exact) mass is 491 g/mol. The molecule has 1 unspecified atom stereocenters. The van der Waals surface area contributed by atoms with Crippen molar-refractivity contribution in [3.05, 3.63) is 100 Å². The van der Waals surface area contributed by atoms with Crippen LogP contribution in [0.15, 0.2) is 78.4 Å². The molecule has 1 amide bonds. The van der Waals surface area contributed by atoms with Gasteiger partial charge >= 0.3 is 0 Å². The van der Waals surface area contributed by atoms with E-state index in [-0.39, 0.29) is 24.0 Å². The molecule has 180 valence electrons. The average molecular weight is 492 g/mol. The van der Waals surface area contributed by atoms with Crippen LogP contribution in [0.1, 0.15) is 36.6 Å². The minimum Gasteiger partial charge on any atom is -0.507 e. The number of hydrogen-bond donors (Lipinski definition) is 1. The highest BCUT2D eigenvalue weighted by Crippen LogP contribution is 2.41. The molecule has 1 atom stereocenters. The van der Waals surface area contributed by atoms with Gasteiger partial charge in [0, 0.05) is 17.1 Å². The largest absolute Gasteiger partial charge is 0.507 e. The number of ketones is 1. The van der Waals surface area contributed by atoms with Gasteiger partial charge < -0.3 is 19.5 Å². The summed E-state index contributed by atoms with van der Waals surface area (Å²) in [5, 5.41) is 11.6. The second-order valence-electron chi connectivity index (χ2n) is 8.52. The molecule has 0 aromatic heterocycles. The number of benzene rings is 3. The van der Waals surface area contributed by atoms with Crippen LogP contribution < -0.4 is 9.47 Å². The number of methoxy groups -OCH3 is 1. The first-order valence-electron chi connectivity index (χ1n) is 11.2. The van der Waals surface area contributed by atoms with Gasteiger partial charge in [0.25, 0.3) is 11.7 Å². The standard InChI is InChI=1S/C28H26ClNO5/c1-17(2)35-22-12-10-19(11-13-22)25-24(26(31)20-7-5-8-21(29)15-20)27(32)28(33)30(25)16-18-6-4-9-23(14-18)34-3/h4-15,17,25,31H,16H2,1-3H3/b26-24-. The predicted molar refractivity (Wildman–Crippen MR) is 134 cm³/mol. The summed E-state index contributed by atoms with van der Waals surface area (Å²) in [6, 6.07) is 20.2. The van der Waals surface area contributed by atoms with Crippen molar-refractivity contribution in [2.75, 3.05) is 7.11 Å². The second kappa shape index (κ2) is 10.2. The van der Waals surface area contributed by atoms with Crippen molar-refractivity contribution in [3.63, 3.8) is 0 Å². The molecule has 0 saturated carbocycles. The van der Waals surface area contributed by atoms with Gasteiger partial charge in [-0.2, -0.15) is 0 Å². The summed E-state index contributed by atoms with van der Waals surface area (Å²) in [4.78, 5) is 27.9. The second-order valence-corrected chi connectivity index (χ2v) is 8.96. The van der Waals surface area contributed by atoms with Crippen molar-refractivity contribution in [1.82, 2.24) is 4.90 Å². The van der Waals surface area contributed by atoms with Gasteiger partial charge in [0.2, 0.25) is 0 Å². The van der Waals surface area contributed by atoms with Gasteiger partial charge in [-0.05, 0) is 61.4 Å². The van der Waals surface area contributed by atoms with Crippen LogP contribution in [0.25, 0.3) is 5.76 Å². The molecule has 35 heavy (non-hydrogen) atoms. The van der Waals surface area contributed by atoms with E-state index < -0.39 is 17.7 Å². The summed E-state index contributed by atoms with van der Waals surface area (Å²) >= 11 is 6.12. The SMILES string of the molecule is COc1cccc(CN2C(=O)C(=O)/C(=C(\O)c3cccc(Cl)c3)C2c2ccc(OC(C)C)cc2)c1. The highest BCUT2D eigenvalue weighted by atomic mass is 35.5. The van der Waals surface area contributed by atoms with Gasteiger partial charge in [0.1, 0.15) is 17.3 Å². The Balaban J connectivity index is 1.82. The van der Waals surface area contributed by atoms with Crippen molar-refractivity contribution in [2.24, 2.45) is 0 Å². The summed E-state index contributed by atoms with van der Waals surface area (Å²) in [7, 11) is 1.57. The van der Waals surface area contributed by atoms with Gasteiger partial charge in [-0.15, -0.1) is 0 Å². The summed E-state index contributed by atoms with van der Waals surface area (Å²) in [5.41, 5.74) is 1.84. The number of Topliss-reactive ketones (excluding diaryl/α,β-unsaturated/α-hetero) is 1. The number of amides is 1. The average Bonchev–Trinajstić information content (AvgIpc) is 3.09. The Kier molecular flexibility index (Phi) is 7.12. The Morgan fingerprint density at radius 3 is 2.37 bits per heavy atom. The number of hydrogen-bond acceptors (Lipinski definition) is 5. The number of aliphatic hydroxyl groups is 1. The Morgan fingerprint density at radius 1 is 1.00 bits per heavy atom. The quantitative estimate of drug-likeness (QED) is 0.258. The lowest BCUT2D eigenvalue weighted by molar-refractivity contribution is -0.140. The maximum Gasteiger partial charge on any atom is 0.295 e. The zero-order valence-corrected chi connectivity index (χ0v) is 20.5. The number of likely N-dealkylation sites (tertiary alicyclic amines) is 1. The van der Waals surface area contributed by atoms with Crippen LogP contribution in [0.2, 0.25) is 5.02 Å². The summed E-state index contributed by atoms with van der Waals surface area (Å²) in [5.74, 6) is -0.402. The van der Waals surface area contributed by atoms with Crippen molar-refractivity contribution in [2.45, 2.75) is 32.5 Å². The van der Waals surface area contributed by atoms with E-state index in [4.69, 9.17) is 21.1 Å². The molecule has 0 aliphatic carbocycles. The van der Waals surface area contributed by atoms with Gasteiger partial charge in [-0.3, -0.25) is 9.59 Å². The molecule has 1 heterocycles. The van der Waals surface area contributed by atoms with Gasteiger partial charge in [-0.1, -0.05) is 48.0 Å². The number of carbonyl (C=O) groups excluding carboxylic acids is 2. The van der Waals surface area contributed by atoms with Crippen LogP contribution in [-0.2, 0) is 16.1 Å². The maximum absolute atomic E-state index is 13.2. The molecule has 1 aliphatic rings. The molecule has 3 aromatic rings. The van der Waals surface area contributed by atoms with Gasteiger partial charge in [0.15, 0.2) is 0 Å². The fraction of sp³-hybridized carbons (Fsp3) is 0.214. The van der Waals surface area contributed by atoms with E-state index in [1.165, 1.54) is 4.90 Å². The maximum atomic E-state index is 13.2. The summed E-state index contributed by atoms with van der Waals surface area (Å²) in [6.07, 6.45) is 0.00220. The van der Waals surface area contributed by atoms with Crippen LogP contribution in [0, 0.1) is 0 Å². The lowest BCUT2D eigenvalue weighted by atomic mass is 9.95. The highest BCUT2D eigenvalue weighted by Gasteiger charge is 2.46. The predicted octanol–water partition coefficient (Wildman–Crippen LogP) is 5.76. The number of halogens is 1. The first kappa shape index (κ1) is 24.4. The smallest absolute Gasteiger partial charge is 0.295 e. The number of ether oxygens (including phenoxy) is 2. The number of rotatable bonds is 7. The zero-order valence-electron chi connectivity index (χ0n) is 19.7. The van der Waals surface area contributed by atoms with E-state index in [9.17, 15) is 14.7 Å². The number of aliphatic hydroxyl groups excluding tert-OH is 1. The minimum atomic E-state index is -0.798. The van der Waals surface area contributed by atoms with E-state index in [2.05, 4.69) is 0 Å². The normalized spacial score (nSPS) is 17.2. The first-order valence-corrected chi connectivity index (χ1v) is 11.6. The molecular weight excluding hydrogens is 466 g/mol. The van der Waals surface area contributed by atoms with Crippen molar-refractivity contribution in [1.29, 1.82) is 0 Å². The Hall–Kier alpha value is -3.77. The third-order valence-electron chi connectivity index (χ3n) is 5.69. The molecule has 1 aliphatic heterocycles. The molecule has 6 nitrogen and oxygen atoms in total. The van der Waals surface area contributed by atoms with Gasteiger partial charge in [-0.25, -0.2) is 0 Å². The van der Waals surface area contributed by atoms with E-state index in [0.29, 0.717) is 27.6 Å². The van der Waals surface area contributed by atoms with E-state index in [1.54, 1.807) is 55.6 Å². The third-order valence-corrected chi connectivity index (χ3v) is 5.93. The molecule has 4 rings (SSSR count). The van der Waals surface area contributed by atoms with Crippen LogP contribution in [-0.4, -0.2) is 34.9 Å².